The average Bonchev–Trinajstić information content (AvgIpc) is 3.34. The Bertz CT molecular complexity index is 1170. The number of esters is 2. The number of furan rings is 1. The van der Waals surface area contributed by atoms with E-state index in [1.807, 2.05) is 0 Å². The second-order valence-electron chi connectivity index (χ2n) is 6.58. The topological polar surface area (TPSA) is 124 Å². The van der Waals surface area contributed by atoms with Crippen molar-refractivity contribution < 1.29 is 37.8 Å². The van der Waals surface area contributed by atoms with Crippen LogP contribution in [0.3, 0.4) is 0 Å². The van der Waals surface area contributed by atoms with Gasteiger partial charge >= 0.3 is 18.0 Å². The van der Waals surface area contributed by atoms with E-state index in [2.05, 4.69) is 41.9 Å². The van der Waals surface area contributed by atoms with Gasteiger partial charge in [0, 0.05) is 11.4 Å². The Morgan fingerprint density at radius 1 is 1.21 bits per heavy atom. The molecule has 0 spiro atoms. The largest absolute Gasteiger partial charge is 0.490 e. The van der Waals surface area contributed by atoms with E-state index in [4.69, 9.17) is 13.9 Å². The number of hydrogen-bond donors (Lipinski definition) is 1. The van der Waals surface area contributed by atoms with E-state index in [9.17, 15) is 19.2 Å². The van der Waals surface area contributed by atoms with Gasteiger partial charge in [-0.2, -0.15) is 0 Å². The van der Waals surface area contributed by atoms with Crippen LogP contribution in [0, 0.1) is 0 Å². The standard InChI is InChI=1S/C21H18Br2N2O8/c1-4-31-15-8-11(16(22)17(23)18(15)32-10(2)26)7-13-19(27)25(21(29)24-13)9-12-5-6-14(33-12)20(28)30-3/h5-8H,4,9H2,1-3H3,(H,24,29)/b13-7-. The Hall–Kier alpha value is -3.12. The van der Waals surface area contributed by atoms with E-state index in [0.717, 1.165) is 4.90 Å². The summed E-state index contributed by atoms with van der Waals surface area (Å²) in [5, 5.41) is 2.51. The summed E-state index contributed by atoms with van der Waals surface area (Å²) in [5.74, 6) is -1.15. The second kappa shape index (κ2) is 10.2. The molecule has 1 fully saturated rings. The number of carbonyl (C=O) groups is 4. The highest BCUT2D eigenvalue weighted by Crippen LogP contribution is 2.43. The van der Waals surface area contributed by atoms with Gasteiger partial charge in [-0.15, -0.1) is 0 Å². The van der Waals surface area contributed by atoms with E-state index >= 15 is 0 Å². The van der Waals surface area contributed by atoms with E-state index in [0.29, 0.717) is 21.1 Å². The first-order valence-corrected chi connectivity index (χ1v) is 11.1. The molecule has 0 atom stereocenters. The lowest BCUT2D eigenvalue weighted by Crippen LogP contribution is -2.30. The summed E-state index contributed by atoms with van der Waals surface area (Å²) in [5.41, 5.74) is 0.493. The van der Waals surface area contributed by atoms with Crippen molar-refractivity contribution >= 4 is 61.8 Å². The molecule has 0 bridgehead atoms. The van der Waals surface area contributed by atoms with Gasteiger partial charge in [0.25, 0.3) is 5.91 Å². The van der Waals surface area contributed by atoms with Gasteiger partial charge in [0.15, 0.2) is 11.5 Å². The van der Waals surface area contributed by atoms with Gasteiger partial charge in [-0.05, 0) is 68.6 Å². The molecule has 33 heavy (non-hydrogen) atoms. The molecular weight excluding hydrogens is 568 g/mol. The minimum atomic E-state index is -0.670. The van der Waals surface area contributed by atoms with Gasteiger partial charge in [0.2, 0.25) is 5.76 Å². The van der Waals surface area contributed by atoms with Gasteiger partial charge in [0.1, 0.15) is 11.5 Å². The zero-order valence-corrected chi connectivity index (χ0v) is 20.9. The molecule has 3 amide bonds. The fourth-order valence-electron chi connectivity index (χ4n) is 2.91. The van der Waals surface area contributed by atoms with Crippen LogP contribution in [-0.4, -0.2) is 42.5 Å². The lowest BCUT2D eigenvalue weighted by Gasteiger charge is -2.15. The van der Waals surface area contributed by atoms with E-state index in [1.54, 1.807) is 13.0 Å². The number of urea groups is 1. The summed E-state index contributed by atoms with van der Waals surface area (Å²) < 4.78 is 21.6. The van der Waals surface area contributed by atoms with Crippen molar-refractivity contribution in [2.75, 3.05) is 13.7 Å². The van der Waals surface area contributed by atoms with Crippen LogP contribution in [0.25, 0.3) is 6.08 Å². The molecule has 1 aromatic heterocycles. The van der Waals surface area contributed by atoms with Crippen molar-refractivity contribution in [3.63, 3.8) is 0 Å². The molecule has 0 saturated carbocycles. The number of nitrogens with zero attached hydrogens (tertiary/aromatic N) is 1. The Kier molecular flexibility index (Phi) is 7.59. The van der Waals surface area contributed by atoms with Crippen LogP contribution in [0.5, 0.6) is 11.5 Å². The molecule has 12 heteroatoms. The van der Waals surface area contributed by atoms with Crippen LogP contribution in [0.4, 0.5) is 4.79 Å². The highest BCUT2D eigenvalue weighted by atomic mass is 79.9. The summed E-state index contributed by atoms with van der Waals surface area (Å²) in [7, 11) is 1.21. The third-order valence-electron chi connectivity index (χ3n) is 4.33. The van der Waals surface area contributed by atoms with Gasteiger partial charge in [-0.1, -0.05) is 0 Å². The molecule has 1 N–H and O–H groups in total. The van der Waals surface area contributed by atoms with E-state index in [-0.39, 0.29) is 35.3 Å². The number of imide groups is 1. The van der Waals surface area contributed by atoms with E-state index in [1.165, 1.54) is 32.2 Å². The molecule has 0 unspecified atom stereocenters. The van der Waals surface area contributed by atoms with Crippen LogP contribution in [0.15, 0.2) is 37.3 Å². The zero-order valence-electron chi connectivity index (χ0n) is 17.7. The zero-order chi connectivity index (χ0) is 24.3. The van der Waals surface area contributed by atoms with Crippen molar-refractivity contribution in [2.45, 2.75) is 20.4 Å². The number of methoxy groups -OCH3 is 1. The summed E-state index contributed by atoms with van der Waals surface area (Å²) in [4.78, 5) is 49.2. The third-order valence-corrected chi connectivity index (χ3v) is 6.47. The molecular formula is C21H18Br2N2O8. The number of nitrogens with one attached hydrogen (secondary N) is 1. The predicted molar refractivity (Wildman–Crippen MR) is 121 cm³/mol. The fraction of sp³-hybridized carbons (Fsp3) is 0.238. The van der Waals surface area contributed by atoms with Crippen molar-refractivity contribution in [3.8, 4) is 11.5 Å². The summed E-state index contributed by atoms with van der Waals surface area (Å²) in [6, 6.07) is 3.79. The van der Waals surface area contributed by atoms with E-state index < -0.39 is 23.9 Å². The van der Waals surface area contributed by atoms with Gasteiger partial charge in [-0.3, -0.25) is 14.5 Å². The maximum Gasteiger partial charge on any atom is 0.373 e. The van der Waals surface area contributed by atoms with Crippen molar-refractivity contribution in [1.29, 1.82) is 0 Å². The molecule has 3 rings (SSSR count). The molecule has 10 nitrogen and oxygen atoms in total. The Labute approximate surface area is 205 Å². The Morgan fingerprint density at radius 2 is 1.94 bits per heavy atom. The molecule has 1 saturated heterocycles. The van der Waals surface area contributed by atoms with Crippen LogP contribution in [-0.2, 0) is 20.9 Å². The van der Waals surface area contributed by atoms with Gasteiger partial charge < -0.3 is 23.9 Å². The smallest absolute Gasteiger partial charge is 0.373 e. The van der Waals surface area contributed by atoms with Crippen LogP contribution < -0.4 is 14.8 Å². The summed E-state index contributed by atoms with van der Waals surface area (Å²) in [6.45, 7) is 3.16. The molecule has 1 aromatic carbocycles. The minimum Gasteiger partial charge on any atom is -0.490 e. The van der Waals surface area contributed by atoms with Crippen LogP contribution in [0.1, 0.15) is 35.7 Å². The molecule has 174 valence electrons. The summed E-state index contributed by atoms with van der Waals surface area (Å²) >= 11 is 6.77. The highest BCUT2D eigenvalue weighted by molar-refractivity contribution is 9.13. The number of carbonyl (C=O) groups excluding carboxylic acids is 4. The number of halogens is 2. The van der Waals surface area contributed by atoms with Crippen LogP contribution >= 0.6 is 31.9 Å². The molecule has 0 radical (unpaired) electrons. The monoisotopic (exact) mass is 584 g/mol. The lowest BCUT2D eigenvalue weighted by molar-refractivity contribution is -0.132. The molecule has 1 aliphatic rings. The highest BCUT2D eigenvalue weighted by Gasteiger charge is 2.35. The SMILES string of the molecule is CCOc1cc(/C=C2\NC(=O)N(Cc3ccc(C(=O)OC)o3)C2=O)c(Br)c(Br)c1OC(C)=O. The number of ether oxygens (including phenoxy) is 3. The first kappa shape index (κ1) is 24.5. The lowest BCUT2D eigenvalue weighted by atomic mass is 10.1. The third kappa shape index (κ3) is 5.28. The predicted octanol–water partition coefficient (Wildman–Crippen LogP) is 4.01. The van der Waals surface area contributed by atoms with Crippen LogP contribution in [0.2, 0.25) is 0 Å². The number of benzene rings is 1. The molecule has 1 aliphatic heterocycles. The first-order chi connectivity index (χ1) is 15.7. The van der Waals surface area contributed by atoms with Gasteiger partial charge in [-0.25, -0.2) is 9.59 Å². The summed E-state index contributed by atoms with van der Waals surface area (Å²) in [6.07, 6.45) is 1.46. The molecule has 2 aromatic rings. The second-order valence-corrected chi connectivity index (χ2v) is 8.17. The Balaban J connectivity index is 1.90. The normalized spacial score (nSPS) is 14.5. The molecule has 2 heterocycles. The fourth-order valence-corrected chi connectivity index (χ4v) is 3.83. The minimum absolute atomic E-state index is 0.00929. The number of amides is 3. The Morgan fingerprint density at radius 3 is 2.58 bits per heavy atom. The molecule has 0 aliphatic carbocycles. The maximum absolute atomic E-state index is 12.9. The number of rotatable bonds is 7. The number of hydrogen-bond acceptors (Lipinski definition) is 8. The van der Waals surface area contributed by atoms with Crippen molar-refractivity contribution in [2.24, 2.45) is 0 Å². The maximum atomic E-state index is 12.9. The first-order valence-electron chi connectivity index (χ1n) is 9.51. The van der Waals surface area contributed by atoms with Crippen molar-refractivity contribution in [3.05, 3.63) is 49.9 Å². The van der Waals surface area contributed by atoms with Gasteiger partial charge in [0.05, 0.1) is 24.7 Å². The average molecular weight is 586 g/mol. The van der Waals surface area contributed by atoms with Crippen molar-refractivity contribution in [1.82, 2.24) is 10.2 Å². The quantitative estimate of drug-likeness (QED) is 0.224.